The molecular formula is C14H16BrNOS. The number of methoxy groups -OCH3 is 1. The number of aryl methyl sites for hydroxylation is 1. The number of rotatable bonds is 4. The molecule has 1 aromatic heterocycles. The predicted octanol–water partition coefficient (Wildman–Crippen LogP) is 4.14. The molecule has 1 atom stereocenters. The summed E-state index contributed by atoms with van der Waals surface area (Å²) in [7, 11) is 3.68. The molecule has 0 saturated carbocycles. The van der Waals surface area contributed by atoms with Crippen molar-refractivity contribution in [1.82, 2.24) is 5.32 Å². The van der Waals surface area contributed by atoms with Gasteiger partial charge < -0.3 is 10.1 Å². The third-order valence-corrected chi connectivity index (χ3v) is 5.10. The summed E-state index contributed by atoms with van der Waals surface area (Å²) in [5.74, 6) is 0.916. The maximum atomic E-state index is 5.44. The summed E-state index contributed by atoms with van der Waals surface area (Å²) in [4.78, 5) is 2.58. The maximum Gasteiger partial charge on any atom is 0.124 e. The van der Waals surface area contributed by atoms with Crippen LogP contribution in [-0.2, 0) is 0 Å². The lowest BCUT2D eigenvalue weighted by molar-refractivity contribution is 0.405. The van der Waals surface area contributed by atoms with Crippen molar-refractivity contribution >= 4 is 27.3 Å². The molecule has 0 bridgehead atoms. The minimum atomic E-state index is 0.163. The number of halogens is 1. The van der Waals surface area contributed by atoms with Gasteiger partial charge in [0.1, 0.15) is 5.75 Å². The highest BCUT2D eigenvalue weighted by Crippen LogP contribution is 2.36. The normalized spacial score (nSPS) is 12.4. The summed E-state index contributed by atoms with van der Waals surface area (Å²) in [6.07, 6.45) is 0. The Morgan fingerprint density at radius 1 is 1.33 bits per heavy atom. The van der Waals surface area contributed by atoms with Gasteiger partial charge in [0, 0.05) is 19.8 Å². The van der Waals surface area contributed by atoms with Gasteiger partial charge in [0.25, 0.3) is 0 Å². The van der Waals surface area contributed by atoms with Crippen molar-refractivity contribution in [2.45, 2.75) is 13.0 Å². The number of hydrogen-bond donors (Lipinski definition) is 1. The van der Waals surface area contributed by atoms with Crippen molar-refractivity contribution in [3.05, 3.63) is 50.1 Å². The Hall–Kier alpha value is -0.840. The van der Waals surface area contributed by atoms with Gasteiger partial charge in [-0.1, -0.05) is 18.2 Å². The summed E-state index contributed by atoms with van der Waals surface area (Å²) in [6.45, 7) is 2.12. The molecule has 0 spiro atoms. The zero-order valence-electron chi connectivity index (χ0n) is 10.7. The zero-order chi connectivity index (χ0) is 13.1. The van der Waals surface area contributed by atoms with E-state index in [0.29, 0.717) is 0 Å². The van der Waals surface area contributed by atoms with Crippen LogP contribution in [-0.4, -0.2) is 14.2 Å². The summed E-state index contributed by atoms with van der Waals surface area (Å²) in [6, 6.07) is 10.5. The highest BCUT2D eigenvalue weighted by molar-refractivity contribution is 9.10. The maximum absolute atomic E-state index is 5.44. The summed E-state index contributed by atoms with van der Waals surface area (Å²) in [5, 5.41) is 3.36. The Morgan fingerprint density at radius 3 is 2.61 bits per heavy atom. The van der Waals surface area contributed by atoms with Crippen molar-refractivity contribution in [3.8, 4) is 5.75 Å². The average molecular weight is 326 g/mol. The van der Waals surface area contributed by atoms with Gasteiger partial charge in [0.15, 0.2) is 0 Å². The van der Waals surface area contributed by atoms with E-state index in [1.54, 1.807) is 18.4 Å². The second-order valence-electron chi connectivity index (χ2n) is 4.02. The smallest absolute Gasteiger partial charge is 0.124 e. The van der Waals surface area contributed by atoms with E-state index in [4.69, 9.17) is 4.74 Å². The fourth-order valence-electron chi connectivity index (χ4n) is 1.98. The van der Waals surface area contributed by atoms with Crippen molar-refractivity contribution in [3.63, 3.8) is 0 Å². The molecule has 2 nitrogen and oxygen atoms in total. The number of thiophene rings is 1. The first-order valence-electron chi connectivity index (χ1n) is 5.73. The van der Waals surface area contributed by atoms with Crippen LogP contribution in [0, 0.1) is 6.92 Å². The van der Waals surface area contributed by atoms with Crippen LogP contribution in [0.15, 0.2) is 34.8 Å². The number of ether oxygens (including phenoxy) is 1. The van der Waals surface area contributed by atoms with Crippen molar-refractivity contribution < 1.29 is 4.74 Å². The predicted molar refractivity (Wildman–Crippen MR) is 80.7 cm³/mol. The van der Waals surface area contributed by atoms with Gasteiger partial charge in [0.2, 0.25) is 0 Å². The van der Waals surface area contributed by atoms with Gasteiger partial charge in [0.05, 0.1) is 13.2 Å². The molecule has 96 valence electrons. The Labute approximate surface area is 120 Å². The first-order chi connectivity index (χ1) is 8.67. The minimum absolute atomic E-state index is 0.163. The third kappa shape index (κ3) is 2.60. The third-order valence-electron chi connectivity index (χ3n) is 2.90. The van der Waals surface area contributed by atoms with Gasteiger partial charge in [-0.15, -0.1) is 11.3 Å². The van der Waals surface area contributed by atoms with Gasteiger partial charge >= 0.3 is 0 Å². The van der Waals surface area contributed by atoms with Crippen molar-refractivity contribution in [1.29, 1.82) is 0 Å². The average Bonchev–Trinajstić information content (AvgIpc) is 2.71. The molecule has 0 aliphatic rings. The molecule has 2 aromatic rings. The van der Waals surface area contributed by atoms with Gasteiger partial charge in [-0.3, -0.25) is 0 Å². The van der Waals surface area contributed by atoms with Crippen LogP contribution in [0.5, 0.6) is 5.75 Å². The fraction of sp³-hybridized carbons (Fsp3) is 0.286. The summed E-state index contributed by atoms with van der Waals surface area (Å²) >= 11 is 5.37. The first-order valence-corrected chi connectivity index (χ1v) is 7.34. The fourth-order valence-corrected chi connectivity index (χ4v) is 3.67. The second-order valence-corrected chi connectivity index (χ2v) is 6.16. The molecule has 2 rings (SSSR count). The Bertz CT molecular complexity index is 519. The lowest BCUT2D eigenvalue weighted by Gasteiger charge is -2.18. The molecule has 1 N–H and O–H groups in total. The second kappa shape index (κ2) is 5.87. The van der Waals surface area contributed by atoms with Crippen molar-refractivity contribution in [2.24, 2.45) is 0 Å². The molecule has 0 saturated heterocycles. The molecule has 0 amide bonds. The lowest BCUT2D eigenvalue weighted by Crippen LogP contribution is -2.17. The van der Waals surface area contributed by atoms with E-state index in [-0.39, 0.29) is 6.04 Å². The van der Waals surface area contributed by atoms with Crippen LogP contribution in [0.3, 0.4) is 0 Å². The van der Waals surface area contributed by atoms with E-state index in [0.717, 1.165) is 15.8 Å². The highest BCUT2D eigenvalue weighted by atomic mass is 79.9. The monoisotopic (exact) mass is 325 g/mol. The molecule has 1 heterocycles. The lowest BCUT2D eigenvalue weighted by atomic mass is 10.0. The van der Waals surface area contributed by atoms with E-state index < -0.39 is 0 Å². The van der Waals surface area contributed by atoms with Crippen molar-refractivity contribution in [2.75, 3.05) is 14.2 Å². The molecule has 0 aliphatic heterocycles. The molecule has 0 fully saturated rings. The molecular weight excluding hydrogens is 310 g/mol. The Kier molecular flexibility index (Phi) is 4.43. The molecule has 1 aromatic carbocycles. The van der Waals surface area contributed by atoms with Crippen LogP contribution < -0.4 is 10.1 Å². The standard InChI is InChI=1S/C14H16BrNOS/c1-9-11(15)8-13(18-9)14(16-2)10-6-4-5-7-12(10)17-3/h4-8,14,16H,1-3H3. The molecule has 0 aliphatic carbocycles. The molecule has 1 unspecified atom stereocenters. The van der Waals surface area contributed by atoms with E-state index in [1.165, 1.54) is 9.75 Å². The van der Waals surface area contributed by atoms with E-state index in [9.17, 15) is 0 Å². The number of hydrogen-bond acceptors (Lipinski definition) is 3. The Balaban J connectivity index is 2.45. The minimum Gasteiger partial charge on any atom is -0.496 e. The largest absolute Gasteiger partial charge is 0.496 e. The van der Waals surface area contributed by atoms with Crippen LogP contribution >= 0.6 is 27.3 Å². The Morgan fingerprint density at radius 2 is 2.06 bits per heavy atom. The number of benzene rings is 1. The number of nitrogens with one attached hydrogen (secondary N) is 1. The van der Waals surface area contributed by atoms with E-state index in [2.05, 4.69) is 40.3 Å². The summed E-state index contributed by atoms with van der Waals surface area (Å²) < 4.78 is 6.60. The zero-order valence-corrected chi connectivity index (χ0v) is 13.1. The quantitative estimate of drug-likeness (QED) is 0.912. The van der Waals surface area contributed by atoms with Gasteiger partial charge in [-0.25, -0.2) is 0 Å². The molecule has 4 heteroatoms. The number of para-hydroxylation sites is 1. The SMILES string of the molecule is CNC(c1cc(Br)c(C)s1)c1ccccc1OC. The van der Waals surface area contributed by atoms with Crippen LogP contribution in [0.1, 0.15) is 21.4 Å². The molecule has 0 radical (unpaired) electrons. The topological polar surface area (TPSA) is 21.3 Å². The van der Waals surface area contributed by atoms with E-state index >= 15 is 0 Å². The first kappa shape index (κ1) is 13.6. The van der Waals surface area contributed by atoms with Crippen LogP contribution in [0.4, 0.5) is 0 Å². The van der Waals surface area contributed by atoms with E-state index in [1.807, 2.05) is 25.2 Å². The van der Waals surface area contributed by atoms with Crippen LogP contribution in [0.2, 0.25) is 0 Å². The van der Waals surface area contributed by atoms with Gasteiger partial charge in [-0.05, 0) is 42.0 Å². The highest BCUT2D eigenvalue weighted by Gasteiger charge is 2.18. The van der Waals surface area contributed by atoms with Gasteiger partial charge in [-0.2, -0.15) is 0 Å². The summed E-state index contributed by atoms with van der Waals surface area (Å²) in [5.41, 5.74) is 1.16. The van der Waals surface area contributed by atoms with Crippen LogP contribution in [0.25, 0.3) is 0 Å². The molecule has 18 heavy (non-hydrogen) atoms.